The van der Waals surface area contributed by atoms with E-state index in [1.165, 1.54) is 17.8 Å². The summed E-state index contributed by atoms with van der Waals surface area (Å²) in [6.45, 7) is -0.126. The number of carbonyl (C=O) groups is 1. The summed E-state index contributed by atoms with van der Waals surface area (Å²) in [7, 11) is -3.60. The molecule has 0 saturated carbocycles. The molecule has 2 aromatic rings. The highest BCUT2D eigenvalue weighted by molar-refractivity contribution is 7.98. The minimum Gasteiger partial charge on any atom is -0.476 e. The summed E-state index contributed by atoms with van der Waals surface area (Å²) in [6.07, 6.45) is 2.02. The molecule has 26 heavy (non-hydrogen) atoms. The molecule has 1 aliphatic rings. The zero-order valence-electron chi connectivity index (χ0n) is 14.1. The molecule has 1 atom stereocenters. The Balaban J connectivity index is 1.90. The van der Waals surface area contributed by atoms with Crippen LogP contribution in [0.5, 0.6) is 5.75 Å². The number of amides is 1. The fourth-order valence-electron chi connectivity index (χ4n) is 2.64. The molecule has 3 rings (SSSR count). The molecule has 2 aromatic carbocycles. The molecular formula is C17H17ClN2O4S2. The van der Waals surface area contributed by atoms with E-state index in [2.05, 4.69) is 5.32 Å². The topological polar surface area (TPSA) is 75.7 Å². The number of ether oxygens (including phenoxy) is 1. The summed E-state index contributed by atoms with van der Waals surface area (Å²) in [4.78, 5) is 13.6. The Hall–Kier alpha value is -1.90. The molecule has 6 nitrogen and oxygen atoms in total. The van der Waals surface area contributed by atoms with Crippen molar-refractivity contribution in [2.45, 2.75) is 11.0 Å². The van der Waals surface area contributed by atoms with Crippen LogP contribution in [0.25, 0.3) is 0 Å². The van der Waals surface area contributed by atoms with Gasteiger partial charge in [0.05, 0.1) is 24.2 Å². The average Bonchev–Trinajstić information content (AvgIpc) is 2.60. The number of para-hydroxylation sites is 1. The maximum atomic E-state index is 12.7. The van der Waals surface area contributed by atoms with Gasteiger partial charge < -0.3 is 10.1 Å². The molecule has 0 spiro atoms. The van der Waals surface area contributed by atoms with Crippen LogP contribution in [0.4, 0.5) is 11.4 Å². The lowest BCUT2D eigenvalue weighted by atomic mass is 10.2. The van der Waals surface area contributed by atoms with Gasteiger partial charge in [-0.15, -0.1) is 11.8 Å². The van der Waals surface area contributed by atoms with Gasteiger partial charge in [0.25, 0.3) is 5.91 Å². The van der Waals surface area contributed by atoms with E-state index in [0.29, 0.717) is 22.1 Å². The van der Waals surface area contributed by atoms with E-state index in [4.69, 9.17) is 16.3 Å². The Morgan fingerprint density at radius 1 is 1.31 bits per heavy atom. The number of benzene rings is 2. The smallest absolute Gasteiger partial charge is 0.267 e. The van der Waals surface area contributed by atoms with Gasteiger partial charge in [0.1, 0.15) is 5.75 Å². The van der Waals surface area contributed by atoms with Crippen molar-refractivity contribution in [1.29, 1.82) is 0 Å². The fraction of sp³-hybridized carbons (Fsp3) is 0.235. The van der Waals surface area contributed by atoms with Gasteiger partial charge in [0, 0.05) is 9.92 Å². The largest absolute Gasteiger partial charge is 0.476 e. The molecule has 9 heteroatoms. The lowest BCUT2D eigenvalue weighted by molar-refractivity contribution is -0.122. The first-order valence-electron chi connectivity index (χ1n) is 7.67. The van der Waals surface area contributed by atoms with Gasteiger partial charge in [-0.1, -0.05) is 23.7 Å². The van der Waals surface area contributed by atoms with Gasteiger partial charge >= 0.3 is 0 Å². The molecule has 1 N–H and O–H groups in total. The van der Waals surface area contributed by atoms with E-state index in [9.17, 15) is 13.2 Å². The molecule has 0 radical (unpaired) electrons. The number of fused-ring (bicyclic) bond motifs is 1. The van der Waals surface area contributed by atoms with Crippen molar-refractivity contribution >= 4 is 50.7 Å². The fourth-order valence-corrected chi connectivity index (χ4v) is 4.26. The van der Waals surface area contributed by atoms with E-state index < -0.39 is 22.0 Å². The molecule has 138 valence electrons. The number of hydrogen-bond acceptors (Lipinski definition) is 5. The highest BCUT2D eigenvalue weighted by Crippen LogP contribution is 2.37. The van der Waals surface area contributed by atoms with Crippen molar-refractivity contribution in [1.82, 2.24) is 0 Å². The summed E-state index contributed by atoms with van der Waals surface area (Å²) < 4.78 is 31.2. The Morgan fingerprint density at radius 3 is 2.73 bits per heavy atom. The second-order valence-electron chi connectivity index (χ2n) is 5.70. The number of hydrogen-bond donors (Lipinski definition) is 1. The van der Waals surface area contributed by atoms with Gasteiger partial charge in [-0.05, 0) is 36.6 Å². The van der Waals surface area contributed by atoms with E-state index in [-0.39, 0.29) is 6.54 Å². The second kappa shape index (κ2) is 7.38. The number of nitrogens with zero attached hydrogens (tertiary/aromatic N) is 1. The molecule has 1 aliphatic heterocycles. The maximum absolute atomic E-state index is 12.7. The van der Waals surface area contributed by atoms with Crippen molar-refractivity contribution in [3.63, 3.8) is 0 Å². The van der Waals surface area contributed by atoms with Crippen LogP contribution in [0.1, 0.15) is 0 Å². The van der Waals surface area contributed by atoms with Crippen molar-refractivity contribution in [3.05, 3.63) is 47.5 Å². The number of halogens is 1. The Kier molecular flexibility index (Phi) is 5.36. The van der Waals surface area contributed by atoms with Crippen molar-refractivity contribution in [2.75, 3.05) is 28.7 Å². The molecule has 0 bridgehead atoms. The summed E-state index contributed by atoms with van der Waals surface area (Å²) in [5.41, 5.74) is 0.981. The SMILES string of the molecule is CSc1ccccc1NC(=O)C1CN(S(C)(=O)=O)c2cc(Cl)ccc2O1. The number of carbonyl (C=O) groups excluding carboxylic acids is 1. The van der Waals surface area contributed by atoms with E-state index in [1.807, 2.05) is 24.5 Å². The standard InChI is InChI=1S/C17H17ClN2O4S2/c1-25-16-6-4-3-5-12(16)19-17(21)15-10-20(26(2,22)23)13-9-11(18)7-8-14(13)24-15/h3-9,15H,10H2,1-2H3,(H,19,21). The van der Waals surface area contributed by atoms with E-state index in [0.717, 1.165) is 15.5 Å². The van der Waals surface area contributed by atoms with Crippen molar-refractivity contribution in [3.8, 4) is 5.75 Å². The van der Waals surface area contributed by atoms with Crippen LogP contribution in [0.2, 0.25) is 5.02 Å². The molecular weight excluding hydrogens is 396 g/mol. The van der Waals surface area contributed by atoms with E-state index in [1.54, 1.807) is 18.2 Å². The number of thioether (sulfide) groups is 1. The number of rotatable bonds is 4. The number of nitrogens with one attached hydrogen (secondary N) is 1. The first-order valence-corrected chi connectivity index (χ1v) is 11.1. The predicted molar refractivity (Wildman–Crippen MR) is 105 cm³/mol. The molecule has 0 fully saturated rings. The zero-order chi connectivity index (χ0) is 18.9. The van der Waals surface area contributed by atoms with E-state index >= 15 is 0 Å². The molecule has 1 amide bonds. The average molecular weight is 413 g/mol. The summed E-state index contributed by atoms with van der Waals surface area (Å²) in [5.74, 6) is -0.120. The molecule has 0 saturated heterocycles. The monoisotopic (exact) mass is 412 g/mol. The van der Waals surface area contributed by atoms with Crippen LogP contribution in [-0.4, -0.2) is 39.5 Å². The quantitative estimate of drug-likeness (QED) is 0.780. The summed E-state index contributed by atoms with van der Waals surface area (Å²) in [6, 6.07) is 12.0. The first kappa shape index (κ1) is 18.9. The Morgan fingerprint density at radius 2 is 2.04 bits per heavy atom. The van der Waals surface area contributed by atoms with Crippen molar-refractivity contribution in [2.24, 2.45) is 0 Å². The predicted octanol–water partition coefficient (Wildman–Crippen LogP) is 3.23. The third-order valence-electron chi connectivity index (χ3n) is 3.85. The first-order chi connectivity index (χ1) is 12.3. The van der Waals surface area contributed by atoms with Crippen LogP contribution in [0, 0.1) is 0 Å². The van der Waals surface area contributed by atoms with Crippen LogP contribution in [0.15, 0.2) is 47.4 Å². The zero-order valence-corrected chi connectivity index (χ0v) is 16.5. The lowest BCUT2D eigenvalue weighted by Gasteiger charge is -2.34. The summed E-state index contributed by atoms with van der Waals surface area (Å²) >= 11 is 7.48. The van der Waals surface area contributed by atoms with Gasteiger partial charge in [0.15, 0.2) is 6.10 Å². The third-order valence-corrected chi connectivity index (χ3v) is 6.03. The Bertz CT molecular complexity index is 950. The Labute approximate surface area is 161 Å². The van der Waals surface area contributed by atoms with Gasteiger partial charge in [0.2, 0.25) is 10.0 Å². The maximum Gasteiger partial charge on any atom is 0.267 e. The molecule has 1 heterocycles. The van der Waals surface area contributed by atoms with Crippen LogP contribution in [0.3, 0.4) is 0 Å². The van der Waals surface area contributed by atoms with Gasteiger partial charge in [-0.2, -0.15) is 0 Å². The van der Waals surface area contributed by atoms with Gasteiger partial charge in [-0.25, -0.2) is 8.42 Å². The lowest BCUT2D eigenvalue weighted by Crippen LogP contribution is -2.48. The highest BCUT2D eigenvalue weighted by atomic mass is 35.5. The third kappa shape index (κ3) is 3.92. The van der Waals surface area contributed by atoms with Crippen LogP contribution in [-0.2, 0) is 14.8 Å². The van der Waals surface area contributed by atoms with Gasteiger partial charge in [-0.3, -0.25) is 9.10 Å². The minimum atomic E-state index is -3.60. The highest BCUT2D eigenvalue weighted by Gasteiger charge is 2.35. The normalized spacial score (nSPS) is 16.6. The molecule has 0 aromatic heterocycles. The molecule has 1 unspecified atom stereocenters. The number of sulfonamides is 1. The van der Waals surface area contributed by atoms with Crippen molar-refractivity contribution < 1.29 is 17.9 Å². The minimum absolute atomic E-state index is 0.126. The number of anilines is 2. The second-order valence-corrected chi connectivity index (χ2v) is 8.89. The molecule has 0 aliphatic carbocycles. The summed E-state index contributed by atoms with van der Waals surface area (Å²) in [5, 5.41) is 3.20. The van der Waals surface area contributed by atoms with Crippen LogP contribution >= 0.6 is 23.4 Å². The van der Waals surface area contributed by atoms with Crippen LogP contribution < -0.4 is 14.4 Å².